The molecule has 22 heavy (non-hydrogen) atoms. The highest BCUT2D eigenvalue weighted by atomic mass is 15.3. The minimum absolute atomic E-state index is 0.546. The van der Waals surface area contributed by atoms with Crippen LogP contribution in [-0.4, -0.2) is 54.1 Å². The Hall–Kier alpha value is -1.36. The Labute approximate surface area is 134 Å². The smallest absolute Gasteiger partial charge is 0.225 e. The van der Waals surface area contributed by atoms with E-state index in [0.29, 0.717) is 6.04 Å². The van der Waals surface area contributed by atoms with E-state index < -0.39 is 0 Å². The molecule has 1 saturated heterocycles. The van der Waals surface area contributed by atoms with Crippen LogP contribution < -0.4 is 10.2 Å². The third-order valence-electron chi connectivity index (χ3n) is 4.86. The van der Waals surface area contributed by atoms with E-state index >= 15 is 0 Å². The number of hydrogen-bond acceptors (Lipinski definition) is 5. The summed E-state index contributed by atoms with van der Waals surface area (Å²) in [5.41, 5.74) is 1.06. The third-order valence-corrected chi connectivity index (χ3v) is 4.86. The van der Waals surface area contributed by atoms with Crippen molar-refractivity contribution >= 4 is 11.8 Å². The fourth-order valence-corrected chi connectivity index (χ4v) is 3.42. The number of rotatable bonds is 3. The number of nitrogens with one attached hydrogen (secondary N) is 1. The van der Waals surface area contributed by atoms with Gasteiger partial charge in [-0.15, -0.1) is 0 Å². The van der Waals surface area contributed by atoms with Gasteiger partial charge in [0, 0.05) is 44.0 Å². The second-order valence-electron chi connectivity index (χ2n) is 6.81. The SMILES string of the molecule is Cc1cc(N2CCN(C)CC2)nc(NC2CCCCCC2)n1. The lowest BCUT2D eigenvalue weighted by molar-refractivity contribution is 0.312. The first-order chi connectivity index (χ1) is 10.7. The van der Waals surface area contributed by atoms with Gasteiger partial charge in [0.25, 0.3) is 0 Å². The van der Waals surface area contributed by atoms with Crippen LogP contribution in [0.3, 0.4) is 0 Å². The number of anilines is 2. The van der Waals surface area contributed by atoms with Gasteiger partial charge in [-0.05, 0) is 26.8 Å². The predicted octanol–water partition coefficient (Wildman–Crippen LogP) is 2.67. The van der Waals surface area contributed by atoms with Gasteiger partial charge in [-0.2, -0.15) is 4.98 Å². The van der Waals surface area contributed by atoms with Crippen molar-refractivity contribution in [2.45, 2.75) is 51.5 Å². The van der Waals surface area contributed by atoms with Crippen molar-refractivity contribution in [2.75, 3.05) is 43.4 Å². The summed E-state index contributed by atoms with van der Waals surface area (Å²) in [4.78, 5) is 14.2. The quantitative estimate of drug-likeness (QED) is 0.870. The number of nitrogens with zero attached hydrogens (tertiary/aromatic N) is 4. The van der Waals surface area contributed by atoms with Crippen molar-refractivity contribution in [1.82, 2.24) is 14.9 Å². The van der Waals surface area contributed by atoms with Crippen LogP contribution in [-0.2, 0) is 0 Å². The van der Waals surface area contributed by atoms with E-state index in [1.807, 2.05) is 0 Å². The first kappa shape index (κ1) is 15.5. The third kappa shape index (κ3) is 4.09. The zero-order chi connectivity index (χ0) is 15.4. The first-order valence-electron chi connectivity index (χ1n) is 8.76. The first-order valence-corrected chi connectivity index (χ1v) is 8.76. The van der Waals surface area contributed by atoms with Crippen LogP contribution in [0.5, 0.6) is 0 Å². The highest BCUT2D eigenvalue weighted by molar-refractivity contribution is 5.45. The molecule has 0 aromatic carbocycles. The minimum atomic E-state index is 0.546. The van der Waals surface area contributed by atoms with E-state index in [2.05, 4.69) is 40.1 Å². The maximum absolute atomic E-state index is 4.79. The van der Waals surface area contributed by atoms with Gasteiger partial charge in [-0.25, -0.2) is 4.98 Å². The lowest BCUT2D eigenvalue weighted by Gasteiger charge is -2.33. The van der Waals surface area contributed by atoms with E-state index in [4.69, 9.17) is 4.98 Å². The molecule has 1 saturated carbocycles. The standard InChI is InChI=1S/C17H29N5/c1-14-13-16(22-11-9-21(2)10-12-22)20-17(18-14)19-15-7-5-3-4-6-8-15/h13,15H,3-12H2,1-2H3,(H,18,19,20). The number of aryl methyl sites for hydroxylation is 1. The van der Waals surface area contributed by atoms with Gasteiger partial charge in [-0.1, -0.05) is 25.7 Å². The van der Waals surface area contributed by atoms with Gasteiger partial charge < -0.3 is 15.1 Å². The minimum Gasteiger partial charge on any atom is -0.354 e. The number of aromatic nitrogens is 2. The molecule has 0 unspecified atom stereocenters. The van der Waals surface area contributed by atoms with Gasteiger partial charge in [0.15, 0.2) is 0 Å². The molecule has 122 valence electrons. The van der Waals surface area contributed by atoms with Crippen LogP contribution in [0, 0.1) is 6.92 Å². The Morgan fingerprint density at radius 2 is 1.68 bits per heavy atom. The van der Waals surface area contributed by atoms with Crippen LogP contribution >= 0.6 is 0 Å². The van der Waals surface area contributed by atoms with Gasteiger partial charge in [0.05, 0.1) is 0 Å². The second-order valence-corrected chi connectivity index (χ2v) is 6.81. The highest BCUT2D eigenvalue weighted by Crippen LogP contribution is 2.22. The zero-order valence-corrected chi connectivity index (χ0v) is 14.0. The maximum Gasteiger partial charge on any atom is 0.225 e. The molecule has 1 aromatic rings. The average Bonchev–Trinajstić information content (AvgIpc) is 2.76. The summed E-state index contributed by atoms with van der Waals surface area (Å²) in [5, 5.41) is 3.59. The molecular formula is C17H29N5. The van der Waals surface area contributed by atoms with E-state index in [-0.39, 0.29) is 0 Å². The van der Waals surface area contributed by atoms with Crippen molar-refractivity contribution in [1.29, 1.82) is 0 Å². The summed E-state index contributed by atoms with van der Waals surface area (Å²) in [6.45, 7) is 6.38. The Balaban J connectivity index is 1.69. The van der Waals surface area contributed by atoms with Crippen LogP contribution in [0.25, 0.3) is 0 Å². The summed E-state index contributed by atoms with van der Waals surface area (Å²) >= 11 is 0. The highest BCUT2D eigenvalue weighted by Gasteiger charge is 2.18. The summed E-state index contributed by atoms with van der Waals surface area (Å²) in [6, 6.07) is 2.66. The Morgan fingerprint density at radius 1 is 1.00 bits per heavy atom. The van der Waals surface area contributed by atoms with E-state index in [0.717, 1.165) is 43.6 Å². The van der Waals surface area contributed by atoms with Gasteiger partial charge in [0.2, 0.25) is 5.95 Å². The molecule has 3 rings (SSSR count). The second kappa shape index (κ2) is 7.27. The fraction of sp³-hybridized carbons (Fsp3) is 0.765. The van der Waals surface area contributed by atoms with Gasteiger partial charge >= 0.3 is 0 Å². The molecule has 1 aliphatic carbocycles. The number of hydrogen-bond donors (Lipinski definition) is 1. The van der Waals surface area contributed by atoms with Crippen molar-refractivity contribution in [3.63, 3.8) is 0 Å². The van der Waals surface area contributed by atoms with Crippen LogP contribution in [0.4, 0.5) is 11.8 Å². The lowest BCUT2D eigenvalue weighted by atomic mass is 10.1. The molecule has 1 aliphatic heterocycles. The molecule has 0 amide bonds. The van der Waals surface area contributed by atoms with E-state index in [1.54, 1.807) is 0 Å². The molecular weight excluding hydrogens is 274 g/mol. The summed E-state index contributed by atoms with van der Waals surface area (Å²) in [7, 11) is 2.18. The molecule has 1 aromatic heterocycles. The fourth-order valence-electron chi connectivity index (χ4n) is 3.42. The molecule has 5 heteroatoms. The van der Waals surface area contributed by atoms with Crippen molar-refractivity contribution in [3.8, 4) is 0 Å². The zero-order valence-electron chi connectivity index (χ0n) is 14.0. The molecule has 5 nitrogen and oxygen atoms in total. The normalized spacial score (nSPS) is 21.6. The topological polar surface area (TPSA) is 44.3 Å². The van der Waals surface area contributed by atoms with Crippen LogP contribution in [0.1, 0.15) is 44.2 Å². The Bertz CT molecular complexity index is 474. The maximum atomic E-state index is 4.79. The number of piperazine rings is 1. The molecule has 0 atom stereocenters. The van der Waals surface area contributed by atoms with E-state index in [9.17, 15) is 0 Å². The molecule has 0 spiro atoms. The van der Waals surface area contributed by atoms with Gasteiger partial charge in [0.1, 0.15) is 5.82 Å². The van der Waals surface area contributed by atoms with Crippen LogP contribution in [0.2, 0.25) is 0 Å². The van der Waals surface area contributed by atoms with Crippen molar-refractivity contribution in [2.24, 2.45) is 0 Å². The molecule has 0 radical (unpaired) electrons. The summed E-state index contributed by atoms with van der Waals surface area (Å²) in [5.74, 6) is 1.90. The van der Waals surface area contributed by atoms with Crippen LogP contribution in [0.15, 0.2) is 6.07 Å². The monoisotopic (exact) mass is 303 g/mol. The molecule has 0 bridgehead atoms. The summed E-state index contributed by atoms with van der Waals surface area (Å²) < 4.78 is 0. The lowest BCUT2D eigenvalue weighted by Crippen LogP contribution is -2.45. The van der Waals surface area contributed by atoms with Crippen molar-refractivity contribution in [3.05, 3.63) is 11.8 Å². The Morgan fingerprint density at radius 3 is 2.36 bits per heavy atom. The van der Waals surface area contributed by atoms with E-state index in [1.165, 1.54) is 38.5 Å². The van der Waals surface area contributed by atoms with Gasteiger partial charge in [-0.3, -0.25) is 0 Å². The molecule has 2 fully saturated rings. The summed E-state index contributed by atoms with van der Waals surface area (Å²) in [6.07, 6.45) is 7.91. The molecule has 2 heterocycles. The number of likely N-dealkylation sites (N-methyl/N-ethyl adjacent to an activating group) is 1. The largest absolute Gasteiger partial charge is 0.354 e. The average molecular weight is 303 g/mol. The predicted molar refractivity (Wildman–Crippen MR) is 91.6 cm³/mol. The van der Waals surface area contributed by atoms with Crippen molar-refractivity contribution < 1.29 is 0 Å². The Kier molecular flexibility index (Phi) is 5.13. The molecule has 2 aliphatic rings. The molecule has 1 N–H and O–H groups in total.